The molecule has 0 aliphatic carbocycles. The molecule has 72 valence electrons. The summed E-state index contributed by atoms with van der Waals surface area (Å²) in [6, 6.07) is 5.43. The summed E-state index contributed by atoms with van der Waals surface area (Å²) in [4.78, 5) is 0. The third kappa shape index (κ3) is 2.26. The minimum Gasteiger partial charge on any atom is -0.494 e. The van der Waals surface area contributed by atoms with Crippen molar-refractivity contribution in [2.45, 2.75) is 6.92 Å². The fourth-order valence-electron chi connectivity index (χ4n) is 1.05. The van der Waals surface area contributed by atoms with Crippen molar-refractivity contribution < 1.29 is 9.47 Å². The molecule has 0 fully saturated rings. The van der Waals surface area contributed by atoms with Crippen LogP contribution in [0, 0.1) is 0 Å². The number of rotatable bonds is 4. The maximum Gasteiger partial charge on any atom is 0.146 e. The number of nitrogen functional groups attached to an aromatic ring is 1. The van der Waals surface area contributed by atoms with Crippen molar-refractivity contribution in [1.29, 1.82) is 0 Å². The van der Waals surface area contributed by atoms with Gasteiger partial charge in [-0.3, -0.25) is 5.84 Å². The highest BCUT2D eigenvalue weighted by Gasteiger charge is 2.02. The van der Waals surface area contributed by atoms with Gasteiger partial charge in [0.1, 0.15) is 11.5 Å². The monoisotopic (exact) mass is 182 g/mol. The van der Waals surface area contributed by atoms with Crippen molar-refractivity contribution in [2.24, 2.45) is 5.84 Å². The van der Waals surface area contributed by atoms with Crippen LogP contribution in [-0.2, 0) is 0 Å². The van der Waals surface area contributed by atoms with Crippen LogP contribution in [0.4, 0.5) is 5.69 Å². The van der Waals surface area contributed by atoms with E-state index in [0.29, 0.717) is 12.4 Å². The zero-order valence-corrected chi connectivity index (χ0v) is 7.83. The van der Waals surface area contributed by atoms with Crippen molar-refractivity contribution >= 4 is 5.69 Å². The summed E-state index contributed by atoms with van der Waals surface area (Å²) in [6.45, 7) is 2.57. The fraction of sp³-hybridized carbons (Fsp3) is 0.333. The Kier molecular flexibility index (Phi) is 3.40. The molecule has 0 radical (unpaired) electrons. The zero-order chi connectivity index (χ0) is 9.68. The Morgan fingerprint density at radius 2 is 2.23 bits per heavy atom. The lowest BCUT2D eigenvalue weighted by molar-refractivity contribution is 0.336. The van der Waals surface area contributed by atoms with Gasteiger partial charge in [-0.05, 0) is 19.1 Å². The topological polar surface area (TPSA) is 56.5 Å². The molecular formula is C9H14N2O2. The molecule has 0 aliphatic rings. The molecular weight excluding hydrogens is 168 g/mol. The third-order valence-corrected chi connectivity index (χ3v) is 1.64. The van der Waals surface area contributed by atoms with E-state index in [1.807, 2.05) is 19.1 Å². The molecule has 0 heterocycles. The maximum absolute atomic E-state index is 5.30. The van der Waals surface area contributed by atoms with E-state index in [9.17, 15) is 0 Å². The van der Waals surface area contributed by atoms with E-state index in [2.05, 4.69) is 5.43 Å². The second kappa shape index (κ2) is 4.57. The Labute approximate surface area is 77.6 Å². The van der Waals surface area contributed by atoms with Crippen LogP contribution in [0.2, 0.25) is 0 Å². The Morgan fingerprint density at radius 1 is 1.46 bits per heavy atom. The Balaban J connectivity index is 2.91. The van der Waals surface area contributed by atoms with Gasteiger partial charge in [-0.15, -0.1) is 0 Å². The van der Waals surface area contributed by atoms with E-state index < -0.39 is 0 Å². The zero-order valence-electron chi connectivity index (χ0n) is 7.83. The number of methoxy groups -OCH3 is 1. The summed E-state index contributed by atoms with van der Waals surface area (Å²) in [5.74, 6) is 6.73. The predicted molar refractivity (Wildman–Crippen MR) is 52.0 cm³/mol. The molecule has 0 saturated heterocycles. The van der Waals surface area contributed by atoms with Gasteiger partial charge in [0.15, 0.2) is 0 Å². The van der Waals surface area contributed by atoms with Gasteiger partial charge < -0.3 is 14.9 Å². The molecule has 0 atom stereocenters. The van der Waals surface area contributed by atoms with Gasteiger partial charge in [0, 0.05) is 6.07 Å². The normalized spacial score (nSPS) is 9.46. The summed E-state index contributed by atoms with van der Waals surface area (Å²) in [5.41, 5.74) is 3.28. The molecule has 0 unspecified atom stereocenters. The number of hydrogen-bond donors (Lipinski definition) is 2. The van der Waals surface area contributed by atoms with Crippen LogP contribution in [-0.4, -0.2) is 13.7 Å². The van der Waals surface area contributed by atoms with E-state index in [1.165, 1.54) is 0 Å². The van der Waals surface area contributed by atoms with E-state index >= 15 is 0 Å². The van der Waals surface area contributed by atoms with Gasteiger partial charge in [-0.1, -0.05) is 0 Å². The second-order valence-corrected chi connectivity index (χ2v) is 2.44. The molecule has 0 saturated carbocycles. The van der Waals surface area contributed by atoms with Crippen LogP contribution < -0.4 is 20.7 Å². The van der Waals surface area contributed by atoms with Crippen molar-refractivity contribution in [3.05, 3.63) is 18.2 Å². The standard InChI is InChI=1S/C9H14N2O2/c1-3-13-7-4-5-8(11-10)9(6-7)12-2/h4-6,11H,3,10H2,1-2H3. The first-order chi connectivity index (χ1) is 6.31. The highest BCUT2D eigenvalue weighted by Crippen LogP contribution is 2.28. The number of anilines is 1. The van der Waals surface area contributed by atoms with Crippen LogP contribution in [0.5, 0.6) is 11.5 Å². The first kappa shape index (κ1) is 9.67. The number of benzene rings is 1. The number of ether oxygens (including phenoxy) is 2. The van der Waals surface area contributed by atoms with Gasteiger partial charge in [-0.25, -0.2) is 0 Å². The lowest BCUT2D eigenvalue weighted by atomic mass is 10.3. The average Bonchev–Trinajstić information content (AvgIpc) is 2.18. The van der Waals surface area contributed by atoms with Crippen LogP contribution >= 0.6 is 0 Å². The fourth-order valence-corrected chi connectivity index (χ4v) is 1.05. The van der Waals surface area contributed by atoms with E-state index in [4.69, 9.17) is 15.3 Å². The highest BCUT2D eigenvalue weighted by atomic mass is 16.5. The van der Waals surface area contributed by atoms with Gasteiger partial charge in [0.2, 0.25) is 0 Å². The largest absolute Gasteiger partial charge is 0.494 e. The first-order valence-electron chi connectivity index (χ1n) is 4.09. The predicted octanol–water partition coefficient (Wildman–Crippen LogP) is 1.38. The molecule has 0 aliphatic heterocycles. The number of hydrogen-bond acceptors (Lipinski definition) is 4. The Morgan fingerprint density at radius 3 is 2.77 bits per heavy atom. The van der Waals surface area contributed by atoms with E-state index in [0.717, 1.165) is 11.4 Å². The third-order valence-electron chi connectivity index (χ3n) is 1.64. The van der Waals surface area contributed by atoms with Crippen LogP contribution in [0.3, 0.4) is 0 Å². The van der Waals surface area contributed by atoms with Gasteiger partial charge in [0.05, 0.1) is 19.4 Å². The Hall–Kier alpha value is -1.42. The lowest BCUT2D eigenvalue weighted by Crippen LogP contribution is -2.08. The number of nitrogens with one attached hydrogen (secondary N) is 1. The summed E-state index contributed by atoms with van der Waals surface area (Å²) in [6.07, 6.45) is 0. The Bertz CT molecular complexity index is 276. The molecule has 13 heavy (non-hydrogen) atoms. The molecule has 1 rings (SSSR count). The summed E-state index contributed by atoms with van der Waals surface area (Å²) in [5, 5.41) is 0. The minimum atomic E-state index is 0.637. The molecule has 1 aromatic carbocycles. The highest BCUT2D eigenvalue weighted by molar-refractivity contribution is 5.58. The van der Waals surface area contributed by atoms with Gasteiger partial charge >= 0.3 is 0 Å². The summed E-state index contributed by atoms with van der Waals surface area (Å²) < 4.78 is 10.4. The van der Waals surface area contributed by atoms with Crippen molar-refractivity contribution in [2.75, 3.05) is 19.1 Å². The van der Waals surface area contributed by atoms with Gasteiger partial charge in [0.25, 0.3) is 0 Å². The van der Waals surface area contributed by atoms with E-state index in [-0.39, 0.29) is 0 Å². The quantitative estimate of drug-likeness (QED) is 0.545. The smallest absolute Gasteiger partial charge is 0.146 e. The first-order valence-corrected chi connectivity index (χ1v) is 4.09. The van der Waals surface area contributed by atoms with Crippen LogP contribution in [0.15, 0.2) is 18.2 Å². The number of hydrazine groups is 1. The second-order valence-electron chi connectivity index (χ2n) is 2.44. The van der Waals surface area contributed by atoms with Crippen LogP contribution in [0.25, 0.3) is 0 Å². The molecule has 0 aromatic heterocycles. The minimum absolute atomic E-state index is 0.637. The molecule has 1 aromatic rings. The van der Waals surface area contributed by atoms with Crippen molar-refractivity contribution in [3.8, 4) is 11.5 Å². The van der Waals surface area contributed by atoms with Crippen LogP contribution in [0.1, 0.15) is 6.92 Å². The molecule has 4 heteroatoms. The summed E-state index contributed by atoms with van der Waals surface area (Å²) in [7, 11) is 1.59. The average molecular weight is 182 g/mol. The SMILES string of the molecule is CCOc1ccc(NN)c(OC)c1. The molecule has 0 amide bonds. The van der Waals surface area contributed by atoms with E-state index in [1.54, 1.807) is 13.2 Å². The number of nitrogens with two attached hydrogens (primary N) is 1. The molecule has 3 N–H and O–H groups in total. The van der Waals surface area contributed by atoms with Crippen molar-refractivity contribution in [3.63, 3.8) is 0 Å². The molecule has 0 bridgehead atoms. The summed E-state index contributed by atoms with van der Waals surface area (Å²) >= 11 is 0. The lowest BCUT2D eigenvalue weighted by Gasteiger charge is -2.09. The molecule has 0 spiro atoms. The molecule has 4 nitrogen and oxygen atoms in total. The maximum atomic E-state index is 5.30. The van der Waals surface area contributed by atoms with Gasteiger partial charge in [-0.2, -0.15) is 0 Å². The van der Waals surface area contributed by atoms with Crippen molar-refractivity contribution in [1.82, 2.24) is 0 Å².